The highest BCUT2D eigenvalue weighted by Gasteiger charge is 2.26. The lowest BCUT2D eigenvalue weighted by atomic mass is 10.0. The van der Waals surface area contributed by atoms with Crippen LogP contribution in [0.5, 0.6) is 0 Å². The van der Waals surface area contributed by atoms with Gasteiger partial charge in [0, 0.05) is 34.5 Å². The second-order valence-electron chi connectivity index (χ2n) is 9.71. The number of carbonyl (C=O) groups is 2. The summed E-state index contributed by atoms with van der Waals surface area (Å²) in [6, 6.07) is 23.4. The van der Waals surface area contributed by atoms with Crippen LogP contribution in [0, 0.1) is 13.8 Å². The number of hydrogen-bond acceptors (Lipinski definition) is 3. The number of aryl methyl sites for hydroxylation is 4. The van der Waals surface area contributed by atoms with Crippen LogP contribution in [-0.4, -0.2) is 21.2 Å². The molecule has 198 valence electrons. The van der Waals surface area contributed by atoms with Gasteiger partial charge in [0.05, 0.1) is 0 Å². The Balaban J connectivity index is 1.41. The van der Waals surface area contributed by atoms with E-state index in [1.54, 1.807) is 10.8 Å². The van der Waals surface area contributed by atoms with E-state index in [1.165, 1.54) is 11.1 Å². The summed E-state index contributed by atoms with van der Waals surface area (Å²) >= 11 is 0. The Kier molecular flexibility index (Phi) is 9.06. The van der Waals surface area contributed by atoms with Gasteiger partial charge >= 0.3 is 0 Å². The Labute approximate surface area is 230 Å². The van der Waals surface area contributed by atoms with Gasteiger partial charge < -0.3 is 9.88 Å². The fourth-order valence-electron chi connectivity index (χ4n) is 4.85. The molecule has 2 aromatic heterocycles. The fraction of sp³-hybridized carbons (Fsp3) is 0.206. The molecule has 0 aliphatic heterocycles. The number of pyridine rings is 1. The highest BCUT2D eigenvalue weighted by molar-refractivity contribution is 6.47. The molecule has 0 aliphatic rings. The summed E-state index contributed by atoms with van der Waals surface area (Å²) in [7, 11) is 0. The van der Waals surface area contributed by atoms with E-state index < -0.39 is 11.7 Å². The van der Waals surface area contributed by atoms with E-state index in [4.69, 9.17) is 0 Å². The number of nitrogens with zero attached hydrogens (tertiary/aromatic N) is 2. The largest absolute Gasteiger partial charge is 0.319 e. The zero-order valence-corrected chi connectivity index (χ0v) is 22.9. The van der Waals surface area contributed by atoms with Crippen LogP contribution in [0.2, 0.25) is 0 Å². The molecule has 4 aromatic rings. The van der Waals surface area contributed by atoms with Crippen LogP contribution < -0.4 is 5.32 Å². The molecule has 39 heavy (non-hydrogen) atoms. The number of rotatable bonds is 11. The second-order valence-corrected chi connectivity index (χ2v) is 9.71. The fourth-order valence-corrected chi connectivity index (χ4v) is 4.85. The van der Waals surface area contributed by atoms with Crippen molar-refractivity contribution >= 4 is 29.7 Å². The van der Waals surface area contributed by atoms with Crippen molar-refractivity contribution in [3.8, 4) is 11.1 Å². The SMILES string of the molecule is C=Cn1c(/C=C\C)cc(-c2ccccc2)c1C(=O)C(=O)Nc1ccc(CCCCc2cc(C)cc(C)n2)cc1. The average Bonchev–Trinajstić information content (AvgIpc) is 3.30. The number of anilines is 1. The van der Waals surface area contributed by atoms with Crippen molar-refractivity contribution in [2.75, 3.05) is 5.32 Å². The number of nitrogens with one attached hydrogen (secondary N) is 1. The smallest absolute Gasteiger partial charge is 0.298 e. The zero-order valence-electron chi connectivity index (χ0n) is 22.9. The maximum absolute atomic E-state index is 13.4. The van der Waals surface area contributed by atoms with Crippen molar-refractivity contribution in [3.63, 3.8) is 0 Å². The molecule has 2 heterocycles. The minimum atomic E-state index is -0.686. The number of allylic oxidation sites excluding steroid dienone is 1. The van der Waals surface area contributed by atoms with Gasteiger partial charge in [-0.1, -0.05) is 55.1 Å². The van der Waals surface area contributed by atoms with Gasteiger partial charge in [0.25, 0.3) is 11.7 Å². The van der Waals surface area contributed by atoms with Crippen LogP contribution in [0.1, 0.15) is 58.5 Å². The van der Waals surface area contributed by atoms with Crippen LogP contribution in [0.25, 0.3) is 23.4 Å². The molecule has 0 radical (unpaired) electrons. The monoisotopic (exact) mass is 517 g/mol. The first-order valence-corrected chi connectivity index (χ1v) is 13.3. The van der Waals surface area contributed by atoms with Gasteiger partial charge in [0.1, 0.15) is 5.69 Å². The Hall–Kier alpha value is -4.51. The summed E-state index contributed by atoms with van der Waals surface area (Å²) < 4.78 is 1.67. The van der Waals surface area contributed by atoms with Crippen molar-refractivity contribution in [1.29, 1.82) is 0 Å². The lowest BCUT2D eigenvalue weighted by Gasteiger charge is -2.10. The number of ketones is 1. The Bertz CT molecular complexity index is 1480. The molecule has 0 atom stereocenters. The summed E-state index contributed by atoms with van der Waals surface area (Å²) in [4.78, 5) is 31.1. The first-order valence-electron chi connectivity index (χ1n) is 13.3. The third-order valence-electron chi connectivity index (χ3n) is 6.60. The Morgan fingerprint density at radius 3 is 2.33 bits per heavy atom. The summed E-state index contributed by atoms with van der Waals surface area (Å²) in [5, 5.41) is 2.78. The predicted octanol–water partition coefficient (Wildman–Crippen LogP) is 7.69. The maximum Gasteiger partial charge on any atom is 0.298 e. The van der Waals surface area contributed by atoms with Crippen LogP contribution in [-0.2, 0) is 17.6 Å². The number of Topliss-reactive ketones (excluding diaryl/α,β-unsaturated/α-hetero) is 1. The van der Waals surface area contributed by atoms with E-state index in [0.717, 1.165) is 48.3 Å². The van der Waals surface area contributed by atoms with Crippen LogP contribution in [0.4, 0.5) is 5.69 Å². The molecule has 0 bridgehead atoms. The van der Waals surface area contributed by atoms with E-state index >= 15 is 0 Å². The molecule has 0 saturated carbocycles. The highest BCUT2D eigenvalue weighted by atomic mass is 16.2. The molecule has 0 unspecified atom stereocenters. The van der Waals surface area contributed by atoms with E-state index in [-0.39, 0.29) is 5.69 Å². The van der Waals surface area contributed by atoms with Crippen LogP contribution in [0.15, 0.2) is 85.5 Å². The van der Waals surface area contributed by atoms with E-state index in [9.17, 15) is 9.59 Å². The molecule has 5 heteroatoms. The zero-order chi connectivity index (χ0) is 27.8. The first kappa shape index (κ1) is 27.5. The van der Waals surface area contributed by atoms with Crippen molar-refractivity contribution < 1.29 is 9.59 Å². The van der Waals surface area contributed by atoms with Crippen molar-refractivity contribution in [3.05, 3.63) is 119 Å². The van der Waals surface area contributed by atoms with Crippen molar-refractivity contribution in [2.45, 2.75) is 46.5 Å². The van der Waals surface area contributed by atoms with Gasteiger partial charge in [-0.2, -0.15) is 0 Å². The molecule has 4 rings (SSSR count). The van der Waals surface area contributed by atoms with Gasteiger partial charge in [-0.3, -0.25) is 14.6 Å². The lowest BCUT2D eigenvalue weighted by Crippen LogP contribution is -2.25. The molecular weight excluding hydrogens is 482 g/mol. The molecule has 0 spiro atoms. The maximum atomic E-state index is 13.4. The molecule has 1 amide bonds. The molecule has 0 fully saturated rings. The number of benzene rings is 2. The minimum Gasteiger partial charge on any atom is -0.319 e. The quantitative estimate of drug-likeness (QED) is 0.126. The topological polar surface area (TPSA) is 64.0 Å². The standard InChI is InChI=1S/C34H35N3O2/c1-5-12-30-23-31(27-14-8-7-9-15-27)32(37(30)6-2)33(38)34(39)36-28-19-17-26(18-20-28)13-10-11-16-29-22-24(3)21-25(4)35-29/h5-9,12,14-15,17-23H,2,10-11,13,16H2,1,3-4H3,(H,36,39)/b12-5-. The normalized spacial score (nSPS) is 11.1. The first-order chi connectivity index (χ1) is 18.9. The number of hydrogen-bond donors (Lipinski definition) is 1. The van der Waals surface area contributed by atoms with E-state index in [0.29, 0.717) is 11.3 Å². The lowest BCUT2D eigenvalue weighted by molar-refractivity contribution is -0.112. The summed E-state index contributed by atoms with van der Waals surface area (Å²) in [6.45, 7) is 9.92. The molecule has 2 aromatic carbocycles. The van der Waals surface area contributed by atoms with Gasteiger partial charge in [-0.15, -0.1) is 0 Å². The third-order valence-corrected chi connectivity index (χ3v) is 6.60. The van der Waals surface area contributed by atoms with E-state index in [2.05, 4.69) is 35.9 Å². The molecule has 0 saturated heterocycles. The van der Waals surface area contributed by atoms with Crippen LogP contribution >= 0.6 is 0 Å². The van der Waals surface area contributed by atoms with E-state index in [1.807, 2.05) is 86.7 Å². The van der Waals surface area contributed by atoms with Gasteiger partial charge in [0.15, 0.2) is 0 Å². The second kappa shape index (κ2) is 12.8. The van der Waals surface area contributed by atoms with Gasteiger partial charge in [0.2, 0.25) is 0 Å². The number of unbranched alkanes of at least 4 members (excludes halogenated alkanes) is 1. The third kappa shape index (κ3) is 6.88. The number of amides is 1. The number of carbonyl (C=O) groups excluding carboxylic acids is 2. The minimum absolute atomic E-state index is 0.289. The Morgan fingerprint density at radius 2 is 1.67 bits per heavy atom. The molecule has 0 aliphatic carbocycles. The summed E-state index contributed by atoms with van der Waals surface area (Å²) in [5.74, 6) is -1.30. The van der Waals surface area contributed by atoms with Gasteiger partial charge in [-0.25, -0.2) is 0 Å². The van der Waals surface area contributed by atoms with Crippen molar-refractivity contribution in [1.82, 2.24) is 9.55 Å². The predicted molar refractivity (Wildman–Crippen MR) is 161 cm³/mol. The average molecular weight is 518 g/mol. The molecule has 5 nitrogen and oxygen atoms in total. The molecule has 1 N–H and O–H groups in total. The van der Waals surface area contributed by atoms with Crippen molar-refractivity contribution in [2.24, 2.45) is 0 Å². The van der Waals surface area contributed by atoms with Gasteiger partial charge in [-0.05, 0) is 99.6 Å². The molecular formula is C34H35N3O2. The van der Waals surface area contributed by atoms with Crippen LogP contribution in [0.3, 0.4) is 0 Å². The summed E-state index contributed by atoms with van der Waals surface area (Å²) in [6.07, 6.45) is 9.36. The summed E-state index contributed by atoms with van der Waals surface area (Å²) in [5.41, 5.74) is 7.85. The highest BCUT2D eigenvalue weighted by Crippen LogP contribution is 2.29. The Morgan fingerprint density at radius 1 is 0.949 bits per heavy atom. The number of aromatic nitrogens is 2.